The highest BCUT2D eigenvalue weighted by Gasteiger charge is 2.51. The summed E-state index contributed by atoms with van der Waals surface area (Å²) in [7, 11) is -3.12. The molecule has 2 aliphatic carbocycles. The zero-order valence-electron chi connectivity index (χ0n) is 23.0. The van der Waals surface area contributed by atoms with Gasteiger partial charge in [-0.05, 0) is 55.7 Å². The molecule has 1 amide bonds. The second-order valence-corrected chi connectivity index (χ2v) is 14.0. The first-order valence-electron chi connectivity index (χ1n) is 14.4. The van der Waals surface area contributed by atoms with Crippen molar-refractivity contribution in [3.8, 4) is 11.1 Å². The molecule has 6 rings (SSSR count). The number of hydrogen-bond donors (Lipinski definition) is 3. The third-order valence-corrected chi connectivity index (χ3v) is 10.8. The minimum Gasteiger partial charge on any atom is -0.393 e. The number of nitrogens with zero attached hydrogens (tertiary/aromatic N) is 3. The Kier molecular flexibility index (Phi) is 7.23. The lowest BCUT2D eigenvalue weighted by atomic mass is 9.65. The Morgan fingerprint density at radius 2 is 1.77 bits per heavy atom. The van der Waals surface area contributed by atoms with Crippen LogP contribution in [0.3, 0.4) is 0 Å². The predicted molar refractivity (Wildman–Crippen MR) is 155 cm³/mol. The van der Waals surface area contributed by atoms with Crippen LogP contribution >= 0.6 is 0 Å². The van der Waals surface area contributed by atoms with Gasteiger partial charge in [-0.2, -0.15) is 0 Å². The number of hydrogen-bond acceptors (Lipinski definition) is 7. The molecule has 1 saturated carbocycles. The van der Waals surface area contributed by atoms with Crippen molar-refractivity contribution in [1.29, 1.82) is 0 Å². The van der Waals surface area contributed by atoms with Crippen LogP contribution in [0.1, 0.15) is 54.4 Å². The Bertz CT molecular complexity index is 1400. The Hall–Kier alpha value is -2.79. The van der Waals surface area contributed by atoms with Crippen LogP contribution in [0.4, 0.5) is 5.82 Å². The van der Waals surface area contributed by atoms with Gasteiger partial charge in [-0.1, -0.05) is 36.4 Å². The number of amides is 1. The highest BCUT2D eigenvalue weighted by molar-refractivity contribution is 7.88. The van der Waals surface area contributed by atoms with Crippen molar-refractivity contribution in [3.63, 3.8) is 0 Å². The summed E-state index contributed by atoms with van der Waals surface area (Å²) in [6, 6.07) is 10.8. The maximum absolute atomic E-state index is 13.0. The zero-order valence-corrected chi connectivity index (χ0v) is 23.8. The molecule has 0 bridgehead atoms. The van der Waals surface area contributed by atoms with Crippen molar-refractivity contribution in [2.75, 3.05) is 38.2 Å². The third-order valence-electron chi connectivity index (χ3n) is 9.54. The fourth-order valence-electron chi connectivity index (χ4n) is 7.00. The molecular formula is C30H39N5O4S. The predicted octanol–water partition coefficient (Wildman–Crippen LogP) is 2.53. The Morgan fingerprint density at radius 3 is 2.40 bits per heavy atom. The number of pyridine rings is 1. The molecule has 4 N–H and O–H groups in total. The van der Waals surface area contributed by atoms with E-state index in [4.69, 9.17) is 5.73 Å². The van der Waals surface area contributed by atoms with Gasteiger partial charge in [-0.3, -0.25) is 9.69 Å². The first-order valence-corrected chi connectivity index (χ1v) is 16.2. The number of piperidine rings is 1. The molecule has 4 aliphatic rings. The van der Waals surface area contributed by atoms with Gasteiger partial charge in [-0.25, -0.2) is 17.7 Å². The van der Waals surface area contributed by atoms with Gasteiger partial charge in [0.15, 0.2) is 0 Å². The standard InChI is InChI=1S/C30H39N5O4S/c1-40(38,39)35-14-11-25(12-15-35)34-18-23-10-13-30(23,19-34)22-4-2-20(3-5-22)21-16-27(28(31)32-17-21)29(37)33-24-6-8-26(36)9-7-24/h2-5,10,13,16-17,23-26,36H,6-9,11-12,14-15,18-19H2,1H3,(H2,31,32)(H,33,37)/t23-,24-,26-,30+/m1/s1. The normalized spacial score (nSPS) is 29.6. The number of nitrogen functional groups attached to an aromatic ring is 1. The highest BCUT2D eigenvalue weighted by atomic mass is 32.2. The maximum Gasteiger partial charge on any atom is 0.255 e. The Balaban J connectivity index is 1.13. The van der Waals surface area contributed by atoms with Crippen molar-refractivity contribution in [2.24, 2.45) is 5.92 Å². The monoisotopic (exact) mass is 565 g/mol. The van der Waals surface area contributed by atoms with E-state index in [0.29, 0.717) is 43.5 Å². The van der Waals surface area contributed by atoms with Gasteiger partial charge in [0, 0.05) is 61.4 Å². The largest absolute Gasteiger partial charge is 0.393 e. The molecular weight excluding hydrogens is 526 g/mol. The Labute approximate surface area is 236 Å². The minimum absolute atomic E-state index is 0.00944. The van der Waals surface area contributed by atoms with Crippen LogP contribution in [0.2, 0.25) is 0 Å². The van der Waals surface area contributed by atoms with Crippen molar-refractivity contribution >= 4 is 21.7 Å². The maximum atomic E-state index is 13.0. The number of aliphatic hydroxyl groups excluding tert-OH is 1. The van der Waals surface area contributed by atoms with Crippen molar-refractivity contribution < 1.29 is 18.3 Å². The van der Waals surface area contributed by atoms with Gasteiger partial charge in [-0.15, -0.1) is 0 Å². The van der Waals surface area contributed by atoms with Crippen LogP contribution in [-0.4, -0.2) is 84.2 Å². The second-order valence-electron chi connectivity index (χ2n) is 12.0. The number of aliphatic hydroxyl groups is 1. The fourth-order valence-corrected chi connectivity index (χ4v) is 7.88. The number of benzene rings is 1. The summed E-state index contributed by atoms with van der Waals surface area (Å²) in [5.74, 6) is 0.448. The summed E-state index contributed by atoms with van der Waals surface area (Å²) >= 11 is 0. The third kappa shape index (κ3) is 5.18. The molecule has 1 aromatic heterocycles. The van der Waals surface area contributed by atoms with E-state index in [0.717, 1.165) is 49.9 Å². The van der Waals surface area contributed by atoms with E-state index >= 15 is 0 Å². The van der Waals surface area contributed by atoms with E-state index in [1.165, 1.54) is 11.8 Å². The summed E-state index contributed by atoms with van der Waals surface area (Å²) in [6.45, 7) is 3.14. The average molecular weight is 566 g/mol. The van der Waals surface area contributed by atoms with Gasteiger partial charge in [0.25, 0.3) is 5.91 Å². The fraction of sp³-hybridized carbons (Fsp3) is 0.533. The van der Waals surface area contributed by atoms with Gasteiger partial charge < -0.3 is 16.2 Å². The topological polar surface area (TPSA) is 129 Å². The number of carbonyl (C=O) groups is 1. The summed E-state index contributed by atoms with van der Waals surface area (Å²) in [6.07, 6.45) is 12.0. The summed E-state index contributed by atoms with van der Waals surface area (Å²) in [5.41, 5.74) is 9.55. The molecule has 2 atom stereocenters. The van der Waals surface area contributed by atoms with Gasteiger partial charge in [0.1, 0.15) is 5.82 Å². The van der Waals surface area contributed by atoms with Crippen LogP contribution in [0.5, 0.6) is 0 Å². The van der Waals surface area contributed by atoms with Crippen LogP contribution in [-0.2, 0) is 15.4 Å². The highest BCUT2D eigenvalue weighted by Crippen LogP contribution is 2.49. The molecule has 10 heteroatoms. The quantitative estimate of drug-likeness (QED) is 0.459. The summed E-state index contributed by atoms with van der Waals surface area (Å²) in [4.78, 5) is 19.9. The van der Waals surface area contributed by atoms with Crippen molar-refractivity contribution in [2.45, 2.75) is 62.1 Å². The summed E-state index contributed by atoms with van der Waals surface area (Å²) < 4.78 is 25.4. The number of nitrogens with two attached hydrogens (primary N) is 1. The Morgan fingerprint density at radius 1 is 1.07 bits per heavy atom. The molecule has 40 heavy (non-hydrogen) atoms. The number of fused-ring (bicyclic) bond motifs is 1. The number of carbonyl (C=O) groups excluding carboxylic acids is 1. The van der Waals surface area contributed by atoms with Crippen LogP contribution in [0.25, 0.3) is 11.1 Å². The zero-order chi connectivity index (χ0) is 28.1. The summed E-state index contributed by atoms with van der Waals surface area (Å²) in [5, 5.41) is 12.8. The van der Waals surface area contributed by atoms with Crippen LogP contribution in [0, 0.1) is 5.92 Å². The van der Waals surface area contributed by atoms with E-state index < -0.39 is 10.0 Å². The molecule has 9 nitrogen and oxygen atoms in total. The number of sulfonamides is 1. The van der Waals surface area contributed by atoms with E-state index in [-0.39, 0.29) is 29.3 Å². The van der Waals surface area contributed by atoms with Crippen LogP contribution in [0.15, 0.2) is 48.7 Å². The lowest BCUT2D eigenvalue weighted by Gasteiger charge is -2.39. The van der Waals surface area contributed by atoms with Gasteiger partial charge >= 0.3 is 0 Å². The molecule has 2 aromatic rings. The van der Waals surface area contributed by atoms with Gasteiger partial charge in [0.05, 0.1) is 17.9 Å². The molecule has 3 fully saturated rings. The molecule has 0 unspecified atom stereocenters. The number of nitrogens with one attached hydrogen (secondary N) is 1. The first kappa shape index (κ1) is 27.4. The molecule has 3 heterocycles. The number of likely N-dealkylation sites (tertiary alicyclic amines) is 1. The van der Waals surface area contributed by atoms with E-state index in [1.54, 1.807) is 10.5 Å². The second kappa shape index (κ2) is 10.6. The number of anilines is 1. The lowest BCUT2D eigenvalue weighted by molar-refractivity contribution is 0.0868. The smallest absolute Gasteiger partial charge is 0.255 e. The van der Waals surface area contributed by atoms with E-state index in [9.17, 15) is 18.3 Å². The van der Waals surface area contributed by atoms with Gasteiger partial charge in [0.2, 0.25) is 10.0 Å². The first-order chi connectivity index (χ1) is 19.1. The molecule has 0 spiro atoms. The van der Waals surface area contributed by atoms with E-state index in [2.05, 4.69) is 51.6 Å². The number of aromatic nitrogens is 1. The minimum atomic E-state index is -3.12. The SMILES string of the molecule is CS(=O)(=O)N1CCC(N2C[C@H]3C=C[C@@]3(c3ccc(-c4cnc(N)c(C(=O)N[C@H]5CC[C@H](O)CC5)c4)cc3)C2)CC1. The van der Waals surface area contributed by atoms with Crippen molar-refractivity contribution in [1.82, 2.24) is 19.5 Å². The number of rotatable bonds is 6. The van der Waals surface area contributed by atoms with E-state index in [1.807, 2.05) is 6.07 Å². The van der Waals surface area contributed by atoms with Crippen molar-refractivity contribution in [3.05, 3.63) is 59.8 Å². The molecule has 0 radical (unpaired) electrons. The average Bonchev–Trinajstić information content (AvgIpc) is 3.20. The molecule has 2 aliphatic heterocycles. The molecule has 2 saturated heterocycles. The molecule has 214 valence electrons. The molecule has 1 aromatic carbocycles. The lowest BCUT2D eigenvalue weighted by Crippen LogP contribution is -2.46. The van der Waals surface area contributed by atoms with Crippen LogP contribution < -0.4 is 11.1 Å².